The molecule has 0 aliphatic carbocycles. The maximum atomic E-state index is 12.4. The number of aromatic nitrogens is 1. The predicted molar refractivity (Wildman–Crippen MR) is 76.7 cm³/mol. The molecular weight excluding hydrogens is 292 g/mol. The van der Waals surface area contributed by atoms with Crippen LogP contribution in [-0.4, -0.2) is 42.8 Å². The van der Waals surface area contributed by atoms with Gasteiger partial charge in [0.05, 0.1) is 0 Å². The highest BCUT2D eigenvalue weighted by atomic mass is 35.5. The summed E-state index contributed by atoms with van der Waals surface area (Å²) in [6.45, 7) is 1.97. The first-order chi connectivity index (χ1) is 8.45. The Morgan fingerprint density at radius 1 is 1.56 bits per heavy atom. The Hall–Kier alpha value is -0.300. The normalized spacial score (nSPS) is 13.8. The molecular formula is C11H17ClN2O2S2. The number of rotatable bonds is 6. The lowest BCUT2D eigenvalue weighted by atomic mass is 10.3. The van der Waals surface area contributed by atoms with Crippen LogP contribution >= 0.6 is 23.4 Å². The summed E-state index contributed by atoms with van der Waals surface area (Å²) in [7, 11) is -1.99. The molecule has 1 unspecified atom stereocenters. The third-order valence-corrected chi connectivity index (χ3v) is 5.80. The van der Waals surface area contributed by atoms with E-state index in [-0.39, 0.29) is 16.1 Å². The first-order valence-electron chi connectivity index (χ1n) is 5.52. The summed E-state index contributed by atoms with van der Waals surface area (Å²) in [5.41, 5.74) is 0. The number of sulfonamides is 1. The van der Waals surface area contributed by atoms with Gasteiger partial charge in [0.2, 0.25) is 10.0 Å². The molecule has 0 radical (unpaired) electrons. The van der Waals surface area contributed by atoms with Crippen LogP contribution in [0.25, 0.3) is 0 Å². The minimum absolute atomic E-state index is 0.0170. The topological polar surface area (TPSA) is 50.3 Å². The number of hydrogen-bond donors (Lipinski definition) is 0. The van der Waals surface area contributed by atoms with E-state index in [1.807, 2.05) is 13.2 Å². The van der Waals surface area contributed by atoms with Gasteiger partial charge in [-0.25, -0.2) is 13.4 Å². The number of pyridine rings is 1. The van der Waals surface area contributed by atoms with E-state index in [9.17, 15) is 8.42 Å². The second kappa shape index (κ2) is 6.75. The van der Waals surface area contributed by atoms with Crippen LogP contribution in [0.4, 0.5) is 0 Å². The molecule has 0 spiro atoms. The van der Waals surface area contributed by atoms with Gasteiger partial charge in [0.15, 0.2) is 0 Å². The molecule has 0 saturated heterocycles. The summed E-state index contributed by atoms with van der Waals surface area (Å²) in [4.78, 5) is 3.88. The molecule has 0 aliphatic rings. The molecule has 0 aromatic carbocycles. The van der Waals surface area contributed by atoms with Gasteiger partial charge >= 0.3 is 0 Å². The molecule has 1 heterocycles. The van der Waals surface area contributed by atoms with Gasteiger partial charge in [0.1, 0.15) is 10.0 Å². The van der Waals surface area contributed by atoms with Gasteiger partial charge in [-0.1, -0.05) is 18.5 Å². The van der Waals surface area contributed by atoms with Crippen LogP contribution < -0.4 is 0 Å². The molecule has 0 amide bonds. The monoisotopic (exact) mass is 308 g/mol. The Balaban J connectivity index is 3.10. The third kappa shape index (κ3) is 3.38. The summed E-state index contributed by atoms with van der Waals surface area (Å²) >= 11 is 7.48. The maximum Gasteiger partial charge on any atom is 0.246 e. The fourth-order valence-electron chi connectivity index (χ4n) is 1.59. The molecule has 1 aromatic rings. The third-order valence-electron chi connectivity index (χ3n) is 2.73. The summed E-state index contributed by atoms with van der Waals surface area (Å²) in [6.07, 6.45) is 4.19. The second-order valence-electron chi connectivity index (χ2n) is 3.83. The maximum absolute atomic E-state index is 12.4. The van der Waals surface area contributed by atoms with E-state index in [1.165, 1.54) is 16.6 Å². The Morgan fingerprint density at radius 2 is 2.22 bits per heavy atom. The molecule has 0 N–H and O–H groups in total. The average molecular weight is 309 g/mol. The van der Waals surface area contributed by atoms with Gasteiger partial charge in [0.25, 0.3) is 0 Å². The number of hydrogen-bond acceptors (Lipinski definition) is 4. The van der Waals surface area contributed by atoms with Crippen molar-refractivity contribution in [1.82, 2.24) is 9.29 Å². The fourth-order valence-corrected chi connectivity index (χ4v) is 4.38. The van der Waals surface area contributed by atoms with Crippen molar-refractivity contribution in [2.24, 2.45) is 0 Å². The Bertz CT molecular complexity index is 494. The average Bonchev–Trinajstić information content (AvgIpc) is 2.35. The van der Waals surface area contributed by atoms with Gasteiger partial charge in [-0.3, -0.25) is 0 Å². The van der Waals surface area contributed by atoms with Crippen molar-refractivity contribution in [2.75, 3.05) is 19.1 Å². The molecule has 0 fully saturated rings. The van der Waals surface area contributed by atoms with Gasteiger partial charge in [-0.15, -0.1) is 0 Å². The summed E-state index contributed by atoms with van der Waals surface area (Å²) in [5.74, 6) is 0.754. The van der Waals surface area contributed by atoms with E-state index in [4.69, 9.17) is 11.6 Å². The predicted octanol–water partition coefficient (Wildman–Crippen LogP) is 2.50. The van der Waals surface area contributed by atoms with Gasteiger partial charge in [-0.2, -0.15) is 16.1 Å². The molecule has 102 valence electrons. The van der Waals surface area contributed by atoms with E-state index in [1.54, 1.807) is 24.9 Å². The van der Waals surface area contributed by atoms with Crippen LogP contribution in [-0.2, 0) is 10.0 Å². The molecule has 1 aromatic heterocycles. The van der Waals surface area contributed by atoms with Gasteiger partial charge in [-0.05, 0) is 24.8 Å². The zero-order valence-corrected chi connectivity index (χ0v) is 13.0. The summed E-state index contributed by atoms with van der Waals surface area (Å²) in [5, 5.41) is 0.0170. The molecule has 1 rings (SSSR count). The van der Waals surface area contributed by atoms with Crippen LogP contribution in [0.5, 0.6) is 0 Å². The van der Waals surface area contributed by atoms with Crippen LogP contribution in [0, 0.1) is 0 Å². The lowest BCUT2D eigenvalue weighted by Crippen LogP contribution is -2.38. The Morgan fingerprint density at radius 3 is 2.72 bits per heavy atom. The van der Waals surface area contributed by atoms with Crippen LogP contribution in [0.1, 0.15) is 13.3 Å². The van der Waals surface area contributed by atoms with E-state index >= 15 is 0 Å². The lowest BCUT2D eigenvalue weighted by molar-refractivity contribution is 0.385. The SMILES string of the molecule is CCC(CSC)N(C)S(=O)(=O)c1cccnc1Cl. The zero-order chi connectivity index (χ0) is 13.8. The fraction of sp³-hybridized carbons (Fsp3) is 0.545. The summed E-state index contributed by atoms with van der Waals surface area (Å²) in [6, 6.07) is 3.01. The molecule has 0 saturated carbocycles. The quantitative estimate of drug-likeness (QED) is 0.758. The van der Waals surface area contributed by atoms with Crippen LogP contribution in [0.2, 0.25) is 5.15 Å². The Kier molecular flexibility index (Phi) is 5.91. The highest BCUT2D eigenvalue weighted by Crippen LogP contribution is 2.24. The van der Waals surface area contributed by atoms with E-state index < -0.39 is 10.0 Å². The van der Waals surface area contributed by atoms with Crippen LogP contribution in [0.15, 0.2) is 23.2 Å². The lowest BCUT2D eigenvalue weighted by Gasteiger charge is -2.26. The van der Waals surface area contributed by atoms with Crippen molar-refractivity contribution >= 4 is 33.4 Å². The molecule has 7 heteroatoms. The summed E-state index contributed by atoms with van der Waals surface area (Å²) < 4.78 is 26.2. The minimum atomic E-state index is -3.58. The molecule has 1 atom stereocenters. The van der Waals surface area contributed by atoms with Gasteiger partial charge < -0.3 is 0 Å². The second-order valence-corrected chi connectivity index (χ2v) is 7.07. The molecule has 0 aliphatic heterocycles. The van der Waals surface area contributed by atoms with Gasteiger partial charge in [0, 0.05) is 25.0 Å². The Labute approximate surface area is 118 Å². The number of halogens is 1. The number of thioether (sulfide) groups is 1. The van der Waals surface area contributed by atoms with Crippen molar-refractivity contribution in [3.63, 3.8) is 0 Å². The van der Waals surface area contributed by atoms with Crippen LogP contribution in [0.3, 0.4) is 0 Å². The highest BCUT2D eigenvalue weighted by Gasteiger charge is 2.28. The molecule has 4 nitrogen and oxygen atoms in total. The van der Waals surface area contributed by atoms with E-state index in [2.05, 4.69) is 4.98 Å². The standard InChI is InChI=1S/C11H17ClN2O2S2/c1-4-9(8-17-3)14(2)18(15,16)10-6-5-7-13-11(10)12/h5-7,9H,4,8H2,1-3H3. The first kappa shape index (κ1) is 15.8. The van der Waals surface area contributed by atoms with Crippen molar-refractivity contribution < 1.29 is 8.42 Å². The van der Waals surface area contributed by atoms with Crippen molar-refractivity contribution in [3.05, 3.63) is 23.5 Å². The van der Waals surface area contributed by atoms with Crippen molar-refractivity contribution in [3.8, 4) is 0 Å². The van der Waals surface area contributed by atoms with Crippen molar-refractivity contribution in [2.45, 2.75) is 24.3 Å². The van der Waals surface area contributed by atoms with E-state index in [0.717, 1.165) is 12.2 Å². The number of nitrogens with zero attached hydrogens (tertiary/aromatic N) is 2. The highest BCUT2D eigenvalue weighted by molar-refractivity contribution is 7.98. The van der Waals surface area contributed by atoms with E-state index in [0.29, 0.717) is 0 Å². The minimum Gasteiger partial charge on any atom is -0.243 e. The molecule has 0 bridgehead atoms. The zero-order valence-electron chi connectivity index (χ0n) is 10.6. The largest absolute Gasteiger partial charge is 0.246 e. The smallest absolute Gasteiger partial charge is 0.243 e. The van der Waals surface area contributed by atoms with Crippen molar-refractivity contribution in [1.29, 1.82) is 0 Å². The molecule has 18 heavy (non-hydrogen) atoms. The first-order valence-corrected chi connectivity index (χ1v) is 8.73.